The van der Waals surface area contributed by atoms with E-state index in [9.17, 15) is 18.0 Å². The molecule has 0 unspecified atom stereocenters. The van der Waals surface area contributed by atoms with Crippen LogP contribution in [0.3, 0.4) is 0 Å². The average molecular weight is 480 g/mol. The highest BCUT2D eigenvalue weighted by atomic mass is 32.2. The zero-order valence-electron chi connectivity index (χ0n) is 18.5. The molecule has 2 amide bonds. The van der Waals surface area contributed by atoms with Gasteiger partial charge in [0.15, 0.2) is 0 Å². The second-order valence-electron chi connectivity index (χ2n) is 8.73. The second-order valence-corrected chi connectivity index (χ2v) is 11.6. The number of nitrogens with zero attached hydrogens (tertiary/aromatic N) is 1. The normalized spacial score (nSPS) is 15.3. The number of amides is 2. The van der Waals surface area contributed by atoms with Crippen LogP contribution in [-0.2, 0) is 14.8 Å². The Kier molecular flexibility index (Phi) is 7.45. The molecular formula is C22H29N3O5S2. The zero-order chi connectivity index (χ0) is 23.4. The van der Waals surface area contributed by atoms with Crippen molar-refractivity contribution in [2.45, 2.75) is 43.4 Å². The standard InChI is InChI=1S/C22H29N3O5S2/c1-22(2,3)30-21(27)23-15-16-10-12-25(13-11-16)20(26)17-6-8-18(9-7-17)24-32(28,29)19-5-4-14-31-19/h4-9,14,16,24H,10-13,15H2,1-3H3,(H,23,27). The number of benzene rings is 1. The van der Waals surface area contributed by atoms with Crippen molar-refractivity contribution >= 4 is 39.0 Å². The average Bonchev–Trinajstić information content (AvgIpc) is 3.27. The number of carbonyl (C=O) groups is 2. The lowest BCUT2D eigenvalue weighted by Gasteiger charge is -2.32. The molecule has 1 aliphatic heterocycles. The third kappa shape index (κ3) is 6.70. The summed E-state index contributed by atoms with van der Waals surface area (Å²) in [5.74, 6) is 0.205. The Morgan fingerprint density at radius 1 is 1.12 bits per heavy atom. The van der Waals surface area contributed by atoms with Crippen LogP contribution < -0.4 is 10.0 Å². The predicted octanol–water partition coefficient (Wildman–Crippen LogP) is 3.93. The van der Waals surface area contributed by atoms with Gasteiger partial charge in [-0.05, 0) is 75.2 Å². The summed E-state index contributed by atoms with van der Waals surface area (Å²) < 4.78 is 32.6. The summed E-state index contributed by atoms with van der Waals surface area (Å²) in [5, 5.41) is 4.50. The van der Waals surface area contributed by atoms with E-state index in [0.717, 1.165) is 24.2 Å². The maximum Gasteiger partial charge on any atom is 0.407 e. The number of hydrogen-bond donors (Lipinski definition) is 2. The van der Waals surface area contributed by atoms with E-state index in [1.807, 2.05) is 20.8 Å². The van der Waals surface area contributed by atoms with Gasteiger partial charge in [0.1, 0.15) is 9.81 Å². The van der Waals surface area contributed by atoms with Crippen LogP contribution in [0.25, 0.3) is 0 Å². The van der Waals surface area contributed by atoms with Gasteiger partial charge in [-0.15, -0.1) is 11.3 Å². The number of sulfonamides is 1. The Balaban J connectivity index is 1.48. The topological polar surface area (TPSA) is 105 Å². The molecular weight excluding hydrogens is 450 g/mol. The first-order chi connectivity index (χ1) is 15.0. The summed E-state index contributed by atoms with van der Waals surface area (Å²) >= 11 is 1.14. The largest absolute Gasteiger partial charge is 0.444 e. The smallest absolute Gasteiger partial charge is 0.407 e. The molecule has 8 nitrogen and oxygen atoms in total. The molecule has 3 rings (SSSR count). The Bertz CT molecular complexity index is 1020. The fourth-order valence-electron chi connectivity index (χ4n) is 3.37. The lowest BCUT2D eigenvalue weighted by atomic mass is 9.96. The third-order valence-electron chi connectivity index (χ3n) is 4.98. The molecule has 2 N–H and O–H groups in total. The number of ether oxygens (including phenoxy) is 1. The molecule has 1 saturated heterocycles. The van der Waals surface area contributed by atoms with Crippen LogP contribution in [0.2, 0.25) is 0 Å². The fourth-order valence-corrected chi connectivity index (χ4v) is 5.42. The molecule has 0 aliphatic carbocycles. The lowest BCUT2D eigenvalue weighted by molar-refractivity contribution is 0.0500. The molecule has 0 spiro atoms. The Morgan fingerprint density at radius 3 is 2.34 bits per heavy atom. The van der Waals surface area contributed by atoms with Crippen LogP contribution in [0.1, 0.15) is 44.0 Å². The van der Waals surface area contributed by atoms with Crippen LogP contribution in [0, 0.1) is 5.92 Å². The highest BCUT2D eigenvalue weighted by Crippen LogP contribution is 2.22. The van der Waals surface area contributed by atoms with Gasteiger partial charge >= 0.3 is 6.09 Å². The van der Waals surface area contributed by atoms with E-state index in [0.29, 0.717) is 36.8 Å². The molecule has 0 saturated carbocycles. The first-order valence-corrected chi connectivity index (χ1v) is 12.8. The molecule has 0 atom stereocenters. The maximum absolute atomic E-state index is 12.8. The molecule has 1 aromatic carbocycles. The maximum atomic E-state index is 12.8. The fraction of sp³-hybridized carbons (Fsp3) is 0.455. The Morgan fingerprint density at radius 2 is 1.78 bits per heavy atom. The monoisotopic (exact) mass is 479 g/mol. The van der Waals surface area contributed by atoms with Gasteiger partial charge in [0, 0.05) is 30.9 Å². The van der Waals surface area contributed by atoms with Crippen LogP contribution in [0.4, 0.5) is 10.5 Å². The van der Waals surface area contributed by atoms with Crippen LogP contribution in [-0.4, -0.2) is 50.6 Å². The van der Waals surface area contributed by atoms with Gasteiger partial charge in [0.25, 0.3) is 15.9 Å². The minimum absolute atomic E-state index is 0.0868. The van der Waals surface area contributed by atoms with E-state index in [4.69, 9.17) is 4.74 Å². The van der Waals surface area contributed by atoms with E-state index >= 15 is 0 Å². The number of anilines is 1. The molecule has 2 heterocycles. The highest BCUT2D eigenvalue weighted by Gasteiger charge is 2.25. The number of piperidine rings is 1. The molecule has 32 heavy (non-hydrogen) atoms. The molecule has 0 bridgehead atoms. The van der Waals surface area contributed by atoms with Crippen molar-refractivity contribution in [1.82, 2.24) is 10.2 Å². The summed E-state index contributed by atoms with van der Waals surface area (Å²) in [5.41, 5.74) is 0.385. The van der Waals surface area contributed by atoms with E-state index in [1.165, 1.54) is 6.07 Å². The van der Waals surface area contributed by atoms with E-state index in [1.54, 1.807) is 40.6 Å². The summed E-state index contributed by atoms with van der Waals surface area (Å²) in [7, 11) is -3.62. The van der Waals surface area contributed by atoms with E-state index in [2.05, 4.69) is 10.0 Å². The number of alkyl carbamates (subject to hydrolysis) is 1. The van der Waals surface area contributed by atoms with Crippen molar-refractivity contribution in [3.8, 4) is 0 Å². The summed E-state index contributed by atoms with van der Waals surface area (Å²) in [6.45, 7) is 7.19. The van der Waals surface area contributed by atoms with E-state index in [-0.39, 0.29) is 10.1 Å². The Labute approximate surface area is 193 Å². The summed E-state index contributed by atoms with van der Waals surface area (Å²) in [4.78, 5) is 26.4. The number of carbonyl (C=O) groups excluding carboxylic acids is 2. The van der Waals surface area contributed by atoms with Gasteiger partial charge < -0.3 is 15.0 Å². The second kappa shape index (κ2) is 9.91. The number of nitrogens with one attached hydrogen (secondary N) is 2. The number of rotatable bonds is 6. The minimum atomic E-state index is -3.62. The lowest BCUT2D eigenvalue weighted by Crippen LogP contribution is -2.42. The van der Waals surface area contributed by atoms with Crippen molar-refractivity contribution in [2.24, 2.45) is 5.92 Å². The molecule has 1 aromatic heterocycles. The summed E-state index contributed by atoms with van der Waals surface area (Å²) in [6.07, 6.45) is 1.16. The molecule has 1 aliphatic rings. The zero-order valence-corrected chi connectivity index (χ0v) is 20.1. The molecule has 1 fully saturated rings. The van der Waals surface area contributed by atoms with Crippen LogP contribution >= 0.6 is 11.3 Å². The SMILES string of the molecule is CC(C)(C)OC(=O)NCC1CCN(C(=O)c2ccc(NS(=O)(=O)c3cccs3)cc2)CC1. The predicted molar refractivity (Wildman–Crippen MR) is 124 cm³/mol. The van der Waals surface area contributed by atoms with Gasteiger partial charge in [0.05, 0.1) is 0 Å². The van der Waals surface area contributed by atoms with Crippen LogP contribution in [0.5, 0.6) is 0 Å². The summed E-state index contributed by atoms with van der Waals surface area (Å²) in [6, 6.07) is 9.66. The number of likely N-dealkylation sites (tertiary alicyclic amines) is 1. The number of hydrogen-bond acceptors (Lipinski definition) is 6. The first-order valence-electron chi connectivity index (χ1n) is 10.5. The van der Waals surface area contributed by atoms with Crippen molar-refractivity contribution in [1.29, 1.82) is 0 Å². The van der Waals surface area contributed by atoms with Gasteiger partial charge in [0.2, 0.25) is 0 Å². The van der Waals surface area contributed by atoms with Gasteiger partial charge in [-0.1, -0.05) is 6.07 Å². The Hall–Kier alpha value is -2.59. The molecule has 10 heteroatoms. The van der Waals surface area contributed by atoms with Crippen LogP contribution in [0.15, 0.2) is 46.0 Å². The minimum Gasteiger partial charge on any atom is -0.444 e. The van der Waals surface area contributed by atoms with Crippen molar-refractivity contribution in [2.75, 3.05) is 24.4 Å². The molecule has 2 aromatic rings. The van der Waals surface area contributed by atoms with Crippen molar-refractivity contribution < 1.29 is 22.7 Å². The quantitative estimate of drug-likeness (QED) is 0.653. The van der Waals surface area contributed by atoms with Crippen molar-refractivity contribution in [3.63, 3.8) is 0 Å². The van der Waals surface area contributed by atoms with Gasteiger partial charge in [-0.25, -0.2) is 13.2 Å². The number of thiophene rings is 1. The highest BCUT2D eigenvalue weighted by molar-refractivity contribution is 7.94. The van der Waals surface area contributed by atoms with E-state index < -0.39 is 21.7 Å². The third-order valence-corrected chi connectivity index (χ3v) is 7.76. The molecule has 0 radical (unpaired) electrons. The van der Waals surface area contributed by atoms with Gasteiger partial charge in [-0.2, -0.15) is 0 Å². The molecule has 174 valence electrons. The van der Waals surface area contributed by atoms with Crippen molar-refractivity contribution in [3.05, 3.63) is 47.3 Å². The van der Waals surface area contributed by atoms with Gasteiger partial charge in [-0.3, -0.25) is 9.52 Å². The first kappa shape index (κ1) is 24.1.